The van der Waals surface area contributed by atoms with Gasteiger partial charge in [-0.1, -0.05) is 18.2 Å². The number of aromatic nitrogens is 2. The lowest BCUT2D eigenvalue weighted by atomic mass is 9.93. The Morgan fingerprint density at radius 2 is 2.12 bits per heavy atom. The van der Waals surface area contributed by atoms with Gasteiger partial charge in [-0.05, 0) is 31.0 Å². The Morgan fingerprint density at radius 1 is 1.26 bits per heavy atom. The number of aliphatic hydroxyl groups is 1. The number of amides is 1. The van der Waals surface area contributed by atoms with Gasteiger partial charge in [-0.3, -0.25) is 9.78 Å². The highest BCUT2D eigenvalue weighted by Gasteiger charge is 2.33. The number of aliphatic hydroxyl groups excluding tert-OH is 1. The van der Waals surface area contributed by atoms with E-state index >= 15 is 0 Å². The second kappa shape index (κ2) is 10.4. The number of fused-ring (bicyclic) bond motifs is 3. The number of carbonyl (C=O) groups excluding carboxylic acids is 1. The average Bonchev–Trinajstić information content (AvgIpc) is 3.23. The Labute approximate surface area is 196 Å². The lowest BCUT2D eigenvalue weighted by molar-refractivity contribution is 0.0941. The van der Waals surface area contributed by atoms with Gasteiger partial charge in [-0.25, -0.2) is 4.39 Å². The van der Waals surface area contributed by atoms with Gasteiger partial charge >= 0.3 is 0 Å². The van der Waals surface area contributed by atoms with E-state index in [1.807, 2.05) is 6.07 Å². The highest BCUT2D eigenvalue weighted by Crippen LogP contribution is 2.44. The predicted octanol–water partition coefficient (Wildman–Crippen LogP) is 4.13. The van der Waals surface area contributed by atoms with Crippen molar-refractivity contribution >= 4 is 17.3 Å². The summed E-state index contributed by atoms with van der Waals surface area (Å²) >= 11 is 0. The molecule has 3 aromatic rings. The van der Waals surface area contributed by atoms with Crippen LogP contribution in [0.15, 0.2) is 48.8 Å². The van der Waals surface area contributed by atoms with Crippen LogP contribution in [0.25, 0.3) is 11.3 Å². The zero-order valence-electron chi connectivity index (χ0n) is 19.0. The van der Waals surface area contributed by atoms with Crippen LogP contribution in [0.3, 0.4) is 0 Å². The van der Waals surface area contributed by atoms with Gasteiger partial charge in [0.1, 0.15) is 5.75 Å². The van der Waals surface area contributed by atoms with Gasteiger partial charge in [0.15, 0.2) is 11.6 Å². The topological polar surface area (TPSA) is 108 Å². The van der Waals surface area contributed by atoms with Gasteiger partial charge in [-0.2, -0.15) is 0 Å². The number of pyridine rings is 1. The van der Waals surface area contributed by atoms with Crippen molar-refractivity contribution in [2.24, 2.45) is 0 Å². The van der Waals surface area contributed by atoms with Crippen molar-refractivity contribution in [1.29, 1.82) is 0 Å². The number of nitrogens with one attached hydrogen (secondary N) is 3. The molecule has 1 aromatic carbocycles. The predicted molar refractivity (Wildman–Crippen MR) is 127 cm³/mol. The van der Waals surface area contributed by atoms with Crippen molar-refractivity contribution in [3.63, 3.8) is 0 Å². The number of para-hydroxylation sites is 1. The van der Waals surface area contributed by atoms with Gasteiger partial charge < -0.3 is 30.2 Å². The number of anilines is 2. The maximum Gasteiger partial charge on any atom is 0.255 e. The first-order chi connectivity index (χ1) is 16.7. The fourth-order valence-electron chi connectivity index (χ4n) is 4.26. The Kier molecular flexibility index (Phi) is 7.12. The molecular weight excluding hydrogens is 439 g/mol. The van der Waals surface area contributed by atoms with Crippen LogP contribution in [-0.4, -0.2) is 48.4 Å². The summed E-state index contributed by atoms with van der Waals surface area (Å²) in [6, 6.07) is 6.48. The molecule has 178 valence electrons. The molecular formula is C25H27FN4O4. The number of carbonyl (C=O) groups is 1. The third-order valence-electron chi connectivity index (χ3n) is 5.79. The van der Waals surface area contributed by atoms with E-state index < -0.39 is 5.82 Å². The van der Waals surface area contributed by atoms with Crippen LogP contribution in [0.1, 0.15) is 34.8 Å². The molecule has 1 amide bonds. The zero-order valence-corrected chi connectivity index (χ0v) is 19.0. The van der Waals surface area contributed by atoms with Crippen molar-refractivity contribution < 1.29 is 23.8 Å². The van der Waals surface area contributed by atoms with E-state index in [-0.39, 0.29) is 17.6 Å². The lowest BCUT2D eigenvalue weighted by Crippen LogP contribution is -2.34. The first-order valence-electron chi connectivity index (χ1n) is 11.0. The molecule has 0 saturated heterocycles. The molecule has 8 nitrogen and oxygen atoms in total. The van der Waals surface area contributed by atoms with E-state index in [2.05, 4.69) is 32.8 Å². The summed E-state index contributed by atoms with van der Waals surface area (Å²) in [5.74, 6) is 0.0922. The third-order valence-corrected chi connectivity index (χ3v) is 5.79. The molecule has 9 heteroatoms. The van der Waals surface area contributed by atoms with E-state index in [1.165, 1.54) is 13.2 Å². The average molecular weight is 467 g/mol. The molecule has 2 aliphatic heterocycles. The Morgan fingerprint density at radius 3 is 2.94 bits per heavy atom. The summed E-state index contributed by atoms with van der Waals surface area (Å²) in [5, 5.41) is 13.3. The first kappa shape index (κ1) is 23.3. The van der Waals surface area contributed by atoms with Gasteiger partial charge in [0, 0.05) is 37.0 Å². The summed E-state index contributed by atoms with van der Waals surface area (Å²) in [7, 11) is 2.41. The fraction of sp³-hybridized carbons (Fsp3) is 0.280. The molecule has 4 heterocycles. The van der Waals surface area contributed by atoms with Gasteiger partial charge in [0.05, 0.1) is 42.5 Å². The van der Waals surface area contributed by atoms with E-state index in [0.29, 0.717) is 41.5 Å². The van der Waals surface area contributed by atoms with Gasteiger partial charge in [0.25, 0.3) is 5.91 Å². The number of benzene rings is 1. The quantitative estimate of drug-likeness (QED) is 0.432. The highest BCUT2D eigenvalue weighted by molar-refractivity contribution is 6.07. The minimum atomic E-state index is -0.491. The molecule has 0 radical (unpaired) electrons. The second-order valence-corrected chi connectivity index (χ2v) is 7.73. The number of rotatable bonds is 3. The molecule has 0 spiro atoms. The van der Waals surface area contributed by atoms with Crippen molar-refractivity contribution in [1.82, 2.24) is 15.3 Å². The van der Waals surface area contributed by atoms with E-state index in [9.17, 15) is 9.18 Å². The summed E-state index contributed by atoms with van der Waals surface area (Å²) in [4.78, 5) is 20.7. The molecule has 4 N–H and O–H groups in total. The summed E-state index contributed by atoms with van der Waals surface area (Å²) < 4.78 is 25.6. The number of H-pyrrole nitrogens is 1. The third kappa shape index (κ3) is 4.34. The smallest absolute Gasteiger partial charge is 0.255 e. The number of nitrogens with zero attached hydrogens (tertiary/aromatic N) is 1. The van der Waals surface area contributed by atoms with E-state index in [1.54, 1.807) is 24.5 Å². The van der Waals surface area contributed by atoms with Crippen LogP contribution in [0.5, 0.6) is 11.5 Å². The number of methoxy groups -OCH3 is 1. The monoisotopic (exact) mass is 466 g/mol. The molecule has 0 fully saturated rings. The van der Waals surface area contributed by atoms with Gasteiger partial charge in [-0.15, -0.1) is 0 Å². The number of ether oxygens (including phenoxy) is 2. The Balaban J connectivity index is 0.00000133. The molecule has 0 saturated carbocycles. The SMILES string of the molecule is CO.COc1c(F)cccc1Nc1c2[nH]c3c1C(=O)NCC3C/C=C/CCOc1cnccc1-2. The molecule has 0 aliphatic carbocycles. The summed E-state index contributed by atoms with van der Waals surface area (Å²) in [5.41, 5.74) is 3.78. The fourth-order valence-corrected chi connectivity index (χ4v) is 4.26. The molecule has 5 rings (SSSR count). The molecule has 2 aliphatic rings. The largest absolute Gasteiger partial charge is 0.492 e. The number of allylic oxidation sites excluding steroid dienone is 1. The number of aromatic amines is 1. The second-order valence-electron chi connectivity index (χ2n) is 7.73. The van der Waals surface area contributed by atoms with Crippen molar-refractivity contribution in [3.05, 3.63) is 65.9 Å². The Bertz CT molecular complexity index is 1210. The maximum atomic E-state index is 14.4. The molecule has 1 atom stereocenters. The maximum absolute atomic E-state index is 14.4. The van der Waals surface area contributed by atoms with E-state index in [0.717, 1.165) is 31.2 Å². The van der Waals surface area contributed by atoms with Crippen molar-refractivity contribution in [2.45, 2.75) is 18.8 Å². The Hall–Kier alpha value is -3.85. The standard InChI is InChI=1S/C24H23FN4O3.CH4O/c1-31-23-16(25)7-5-8-17(23)28-22-19-20-14(12-27-24(19)30)6-3-2-4-11-32-18-13-26-10-9-15(18)21(22)29-20;1-2/h2-3,5,7-10,13-14,28-29H,4,6,11-12H2,1H3,(H,27,30);2H,1H3/b3-2+;. The van der Waals surface area contributed by atoms with Crippen molar-refractivity contribution in [2.75, 3.05) is 32.7 Å². The van der Waals surface area contributed by atoms with Gasteiger partial charge in [0.2, 0.25) is 0 Å². The minimum Gasteiger partial charge on any atom is -0.492 e. The van der Waals surface area contributed by atoms with Crippen LogP contribution < -0.4 is 20.1 Å². The summed E-state index contributed by atoms with van der Waals surface area (Å²) in [6.07, 6.45) is 9.10. The molecule has 1 unspecified atom stereocenters. The van der Waals surface area contributed by atoms with Crippen LogP contribution >= 0.6 is 0 Å². The number of halogens is 1. The zero-order chi connectivity index (χ0) is 24.1. The number of hydrogen-bond acceptors (Lipinski definition) is 6. The van der Waals surface area contributed by atoms with Crippen LogP contribution in [0, 0.1) is 5.82 Å². The first-order valence-corrected chi connectivity index (χ1v) is 11.0. The normalized spacial score (nSPS) is 17.4. The van der Waals surface area contributed by atoms with Crippen LogP contribution in [0.2, 0.25) is 0 Å². The van der Waals surface area contributed by atoms with Crippen LogP contribution in [-0.2, 0) is 0 Å². The van der Waals surface area contributed by atoms with Crippen molar-refractivity contribution in [3.8, 4) is 22.8 Å². The van der Waals surface area contributed by atoms with E-state index in [4.69, 9.17) is 14.6 Å². The minimum absolute atomic E-state index is 0.0771. The lowest BCUT2D eigenvalue weighted by Gasteiger charge is -2.23. The van der Waals surface area contributed by atoms with Crippen LogP contribution in [0.4, 0.5) is 15.8 Å². The molecule has 2 aromatic heterocycles. The summed E-state index contributed by atoms with van der Waals surface area (Å²) in [6.45, 7) is 1.05. The number of hydrogen-bond donors (Lipinski definition) is 4. The highest BCUT2D eigenvalue weighted by atomic mass is 19.1. The molecule has 34 heavy (non-hydrogen) atoms. The molecule has 2 bridgehead atoms.